The van der Waals surface area contributed by atoms with Crippen molar-refractivity contribution in [3.8, 4) is 0 Å². The van der Waals surface area contributed by atoms with Gasteiger partial charge in [0.1, 0.15) is 12.0 Å². The van der Waals surface area contributed by atoms with Gasteiger partial charge < -0.3 is 15.5 Å². The minimum Gasteiger partial charge on any atom is -0.365 e. The summed E-state index contributed by atoms with van der Waals surface area (Å²) in [5.41, 5.74) is -0.300. The van der Waals surface area contributed by atoms with Crippen molar-refractivity contribution in [2.75, 3.05) is 18.4 Å². The van der Waals surface area contributed by atoms with Gasteiger partial charge in [-0.15, -0.1) is 0 Å². The Morgan fingerprint density at radius 3 is 2.73 bits per heavy atom. The second kappa shape index (κ2) is 6.17. The van der Waals surface area contributed by atoms with E-state index in [1.165, 1.54) is 12.3 Å². The first kappa shape index (κ1) is 16.0. The number of carbonyl (C=O) groups is 1. The van der Waals surface area contributed by atoms with Gasteiger partial charge in [-0.25, -0.2) is 9.78 Å². The van der Waals surface area contributed by atoms with Gasteiger partial charge in [-0.2, -0.15) is 0 Å². The normalized spacial score (nSPS) is 18.1. The molecule has 120 valence electrons. The molecule has 1 aliphatic heterocycles. The maximum absolute atomic E-state index is 12.1. The van der Waals surface area contributed by atoms with Crippen LogP contribution in [-0.2, 0) is 0 Å². The monoisotopic (exact) mass is 307 g/mol. The molecule has 0 spiro atoms. The summed E-state index contributed by atoms with van der Waals surface area (Å²) in [6.45, 7) is 7.08. The van der Waals surface area contributed by atoms with E-state index in [1.54, 1.807) is 11.0 Å². The minimum atomic E-state index is -0.481. The fraction of sp³-hybridized carbons (Fsp3) is 0.571. The highest BCUT2D eigenvalue weighted by Crippen LogP contribution is 2.17. The quantitative estimate of drug-likeness (QED) is 0.657. The number of aromatic nitrogens is 1. The number of pyridine rings is 1. The number of hydrogen-bond donors (Lipinski definition) is 2. The van der Waals surface area contributed by atoms with Gasteiger partial charge in [0, 0.05) is 30.7 Å². The summed E-state index contributed by atoms with van der Waals surface area (Å²) in [6, 6.07) is 3.01. The van der Waals surface area contributed by atoms with Gasteiger partial charge in [0.25, 0.3) is 5.69 Å². The molecule has 8 heteroatoms. The molecule has 0 saturated carbocycles. The molecule has 1 atom stereocenters. The summed E-state index contributed by atoms with van der Waals surface area (Å²) in [7, 11) is 0. The number of carbonyl (C=O) groups excluding carboxylic acids is 1. The molecule has 2 amide bonds. The summed E-state index contributed by atoms with van der Waals surface area (Å²) in [5, 5.41) is 16.7. The Morgan fingerprint density at radius 2 is 2.18 bits per heavy atom. The number of rotatable bonds is 3. The Morgan fingerprint density at radius 1 is 1.45 bits per heavy atom. The molecule has 0 radical (unpaired) electrons. The van der Waals surface area contributed by atoms with Crippen LogP contribution >= 0.6 is 0 Å². The number of amides is 2. The molecule has 0 bridgehead atoms. The van der Waals surface area contributed by atoms with Crippen molar-refractivity contribution in [2.45, 2.75) is 38.8 Å². The average Bonchev–Trinajstić information content (AvgIpc) is 2.86. The smallest absolute Gasteiger partial charge is 0.317 e. The minimum absolute atomic E-state index is 0.0387. The fourth-order valence-electron chi connectivity index (χ4n) is 2.25. The Balaban J connectivity index is 1.88. The van der Waals surface area contributed by atoms with Crippen molar-refractivity contribution in [3.63, 3.8) is 0 Å². The number of urea groups is 1. The number of likely N-dealkylation sites (tertiary alicyclic amines) is 1. The van der Waals surface area contributed by atoms with Crippen LogP contribution < -0.4 is 10.6 Å². The van der Waals surface area contributed by atoms with Gasteiger partial charge in [0.15, 0.2) is 0 Å². The molecule has 1 saturated heterocycles. The zero-order valence-corrected chi connectivity index (χ0v) is 13.0. The van der Waals surface area contributed by atoms with Crippen molar-refractivity contribution in [1.29, 1.82) is 0 Å². The van der Waals surface area contributed by atoms with Crippen LogP contribution in [0.25, 0.3) is 0 Å². The lowest BCUT2D eigenvalue weighted by Gasteiger charge is -2.25. The zero-order valence-electron chi connectivity index (χ0n) is 13.0. The Kier molecular flexibility index (Phi) is 4.48. The van der Waals surface area contributed by atoms with Crippen molar-refractivity contribution in [1.82, 2.24) is 15.2 Å². The molecule has 22 heavy (non-hydrogen) atoms. The third kappa shape index (κ3) is 4.31. The maximum Gasteiger partial charge on any atom is 0.317 e. The number of anilines is 1. The van der Waals surface area contributed by atoms with Gasteiger partial charge in [-0.1, -0.05) is 0 Å². The Hall–Kier alpha value is -2.38. The lowest BCUT2D eigenvalue weighted by molar-refractivity contribution is -0.385. The van der Waals surface area contributed by atoms with Crippen molar-refractivity contribution in [2.24, 2.45) is 0 Å². The topological polar surface area (TPSA) is 100 Å². The van der Waals surface area contributed by atoms with Crippen LogP contribution in [0, 0.1) is 10.1 Å². The molecule has 2 rings (SSSR count). The Bertz CT molecular complexity index is 553. The highest BCUT2D eigenvalue weighted by molar-refractivity contribution is 5.75. The van der Waals surface area contributed by atoms with E-state index in [0.29, 0.717) is 18.9 Å². The molecule has 1 aromatic rings. The first-order chi connectivity index (χ1) is 10.2. The van der Waals surface area contributed by atoms with E-state index >= 15 is 0 Å². The average molecular weight is 307 g/mol. The predicted octanol–water partition coefficient (Wildman–Crippen LogP) is 1.98. The van der Waals surface area contributed by atoms with Crippen molar-refractivity contribution in [3.05, 3.63) is 28.4 Å². The van der Waals surface area contributed by atoms with Crippen LogP contribution in [0.15, 0.2) is 18.3 Å². The molecular formula is C14H21N5O3. The predicted molar refractivity (Wildman–Crippen MR) is 82.8 cm³/mol. The number of nitro groups is 1. The SMILES string of the molecule is CC(C)(C)NC(=O)N1CC[C@H](Nc2ccc([N+](=O)[O-])cn2)C1. The third-order valence-corrected chi connectivity index (χ3v) is 3.27. The first-order valence-electron chi connectivity index (χ1n) is 7.19. The molecule has 1 fully saturated rings. The van der Waals surface area contributed by atoms with E-state index in [9.17, 15) is 14.9 Å². The summed E-state index contributed by atoms with van der Waals surface area (Å²) in [5.74, 6) is 0.577. The van der Waals surface area contributed by atoms with Gasteiger partial charge >= 0.3 is 6.03 Å². The van der Waals surface area contributed by atoms with Crippen LogP contribution in [0.4, 0.5) is 16.3 Å². The van der Waals surface area contributed by atoms with E-state index in [0.717, 1.165) is 6.42 Å². The van der Waals surface area contributed by atoms with Crippen LogP contribution in [0.3, 0.4) is 0 Å². The molecule has 8 nitrogen and oxygen atoms in total. The highest BCUT2D eigenvalue weighted by Gasteiger charge is 2.28. The van der Waals surface area contributed by atoms with Crippen LogP contribution in [0.2, 0.25) is 0 Å². The van der Waals surface area contributed by atoms with Crippen LogP contribution in [0.1, 0.15) is 27.2 Å². The van der Waals surface area contributed by atoms with Gasteiger partial charge in [0.2, 0.25) is 0 Å². The van der Waals surface area contributed by atoms with Gasteiger partial charge in [0.05, 0.1) is 4.92 Å². The van der Waals surface area contributed by atoms with Crippen LogP contribution in [0.5, 0.6) is 0 Å². The van der Waals surface area contributed by atoms with Gasteiger partial charge in [-0.3, -0.25) is 10.1 Å². The second-order valence-corrected chi connectivity index (χ2v) is 6.41. The van der Waals surface area contributed by atoms with Gasteiger partial charge in [-0.05, 0) is 33.3 Å². The molecule has 1 aliphatic rings. The molecule has 2 heterocycles. The van der Waals surface area contributed by atoms with E-state index in [2.05, 4.69) is 15.6 Å². The van der Waals surface area contributed by atoms with E-state index in [1.807, 2.05) is 20.8 Å². The second-order valence-electron chi connectivity index (χ2n) is 6.41. The van der Waals surface area contributed by atoms with Crippen molar-refractivity contribution < 1.29 is 9.72 Å². The molecule has 0 aromatic carbocycles. The lowest BCUT2D eigenvalue weighted by Crippen LogP contribution is -2.48. The van der Waals surface area contributed by atoms with E-state index in [4.69, 9.17) is 0 Å². The van der Waals surface area contributed by atoms with Crippen LogP contribution in [-0.4, -0.2) is 45.5 Å². The molecular weight excluding hydrogens is 286 g/mol. The third-order valence-electron chi connectivity index (χ3n) is 3.27. The van der Waals surface area contributed by atoms with E-state index < -0.39 is 4.92 Å². The molecule has 0 unspecified atom stereocenters. The van der Waals surface area contributed by atoms with Crippen molar-refractivity contribution >= 4 is 17.5 Å². The number of hydrogen-bond acceptors (Lipinski definition) is 5. The standard InChI is InChI=1S/C14H21N5O3/c1-14(2,3)17-13(20)18-7-6-10(9-18)16-12-5-4-11(8-15-12)19(21)22/h4-5,8,10H,6-7,9H2,1-3H3,(H,15,16)(H,17,20)/t10-/m0/s1. The molecule has 2 N–H and O–H groups in total. The zero-order chi connectivity index (χ0) is 16.3. The largest absolute Gasteiger partial charge is 0.365 e. The fourth-order valence-corrected chi connectivity index (χ4v) is 2.25. The molecule has 0 aliphatic carbocycles. The van der Waals surface area contributed by atoms with E-state index in [-0.39, 0.29) is 23.3 Å². The molecule has 1 aromatic heterocycles. The maximum atomic E-state index is 12.1. The summed E-state index contributed by atoms with van der Waals surface area (Å²) in [6.07, 6.45) is 2.04. The summed E-state index contributed by atoms with van der Waals surface area (Å²) >= 11 is 0. The Labute approximate surface area is 129 Å². The highest BCUT2D eigenvalue weighted by atomic mass is 16.6. The lowest BCUT2D eigenvalue weighted by atomic mass is 10.1. The summed E-state index contributed by atoms with van der Waals surface area (Å²) in [4.78, 5) is 28.0. The summed E-state index contributed by atoms with van der Waals surface area (Å²) < 4.78 is 0. The first-order valence-corrected chi connectivity index (χ1v) is 7.19. The number of nitrogens with zero attached hydrogens (tertiary/aromatic N) is 3. The number of nitrogens with one attached hydrogen (secondary N) is 2.